The minimum atomic E-state index is -0.597. The van der Waals surface area contributed by atoms with Crippen LogP contribution in [0.5, 0.6) is 0 Å². The highest BCUT2D eigenvalue weighted by Gasteiger charge is 2.19. The molecule has 6 nitrogen and oxygen atoms in total. The normalized spacial score (nSPS) is 15.0. The van der Waals surface area contributed by atoms with Crippen molar-refractivity contribution in [2.24, 2.45) is 4.99 Å². The van der Waals surface area contributed by atoms with Gasteiger partial charge >= 0.3 is 0 Å². The Morgan fingerprint density at radius 2 is 1.72 bits per heavy atom. The Labute approximate surface area is 171 Å². The number of allylic oxidation sites excluding steroid dienone is 1. The van der Waals surface area contributed by atoms with Crippen LogP contribution in [0.15, 0.2) is 78.1 Å². The number of fused-ring (bicyclic) bond motifs is 1. The fraction of sp³-hybridized carbons (Fsp3) is 0.217. The lowest BCUT2D eigenvalue weighted by Crippen LogP contribution is -2.44. The molecule has 0 unspecified atom stereocenters. The van der Waals surface area contributed by atoms with Gasteiger partial charge in [-0.15, -0.1) is 0 Å². The summed E-state index contributed by atoms with van der Waals surface area (Å²) in [6.45, 7) is 13.2. The number of rotatable bonds is 6. The van der Waals surface area contributed by atoms with E-state index in [2.05, 4.69) is 58.3 Å². The maximum atomic E-state index is 11.5. The van der Waals surface area contributed by atoms with Gasteiger partial charge in [0.1, 0.15) is 5.82 Å². The Hall–Kier alpha value is -3.38. The molecule has 0 radical (unpaired) electrons. The van der Waals surface area contributed by atoms with Crippen LogP contribution in [0.4, 0.5) is 0 Å². The second-order valence-electron chi connectivity index (χ2n) is 6.84. The number of piperazine rings is 1. The minimum Gasteiger partial charge on any atom is -0.368 e. The van der Waals surface area contributed by atoms with Crippen molar-refractivity contribution in [3.8, 4) is 0 Å². The number of benzene rings is 2. The summed E-state index contributed by atoms with van der Waals surface area (Å²) in [6.07, 6.45) is 2.99. The van der Waals surface area contributed by atoms with Crippen molar-refractivity contribution in [1.82, 2.24) is 15.3 Å². The molecule has 2 N–H and O–H groups in total. The van der Waals surface area contributed by atoms with Gasteiger partial charge in [-0.25, -0.2) is 10.5 Å². The van der Waals surface area contributed by atoms with Crippen molar-refractivity contribution in [3.05, 3.63) is 78.7 Å². The van der Waals surface area contributed by atoms with Gasteiger partial charge in [-0.2, -0.15) is 0 Å². The van der Waals surface area contributed by atoms with Gasteiger partial charge < -0.3 is 9.80 Å². The number of carbonyl (C=O) groups excluding carboxylic acids is 1. The van der Waals surface area contributed by atoms with E-state index >= 15 is 0 Å². The van der Waals surface area contributed by atoms with Crippen LogP contribution >= 0.6 is 0 Å². The van der Waals surface area contributed by atoms with Crippen molar-refractivity contribution in [2.75, 3.05) is 26.2 Å². The van der Waals surface area contributed by atoms with E-state index in [1.165, 1.54) is 17.0 Å². The fourth-order valence-electron chi connectivity index (χ4n) is 3.34. The van der Waals surface area contributed by atoms with Crippen molar-refractivity contribution < 1.29 is 10.0 Å². The van der Waals surface area contributed by atoms with Crippen LogP contribution in [-0.4, -0.2) is 53.3 Å². The molecule has 0 saturated carbocycles. The Balaban J connectivity index is 1.60. The molecule has 2 aromatic carbocycles. The lowest BCUT2D eigenvalue weighted by atomic mass is 10.0. The van der Waals surface area contributed by atoms with Gasteiger partial charge in [0.05, 0.1) is 5.57 Å². The number of hydrogen-bond acceptors (Lipinski definition) is 5. The topological polar surface area (TPSA) is 68.2 Å². The van der Waals surface area contributed by atoms with Crippen LogP contribution in [0, 0.1) is 0 Å². The Morgan fingerprint density at radius 1 is 1.07 bits per heavy atom. The molecule has 1 fully saturated rings. The van der Waals surface area contributed by atoms with Gasteiger partial charge in [-0.1, -0.05) is 55.6 Å². The number of hydrogen-bond donors (Lipinski definition) is 2. The zero-order valence-corrected chi connectivity index (χ0v) is 16.6. The zero-order valence-electron chi connectivity index (χ0n) is 16.6. The number of carbonyl (C=O) groups is 1. The molecule has 3 rings (SSSR count). The molecule has 0 aromatic heterocycles. The highest BCUT2D eigenvalue weighted by Crippen LogP contribution is 2.24. The smallest absolute Gasteiger partial charge is 0.275 e. The molecule has 1 heterocycles. The lowest BCUT2D eigenvalue weighted by Gasteiger charge is -2.38. The number of hydroxylamine groups is 1. The molecule has 0 bridgehead atoms. The third-order valence-electron chi connectivity index (χ3n) is 5.14. The summed E-state index contributed by atoms with van der Waals surface area (Å²) in [4.78, 5) is 20.1. The van der Waals surface area contributed by atoms with Gasteiger partial charge in [0.25, 0.3) is 5.91 Å². The molecular formula is C23H26N4O2. The van der Waals surface area contributed by atoms with Crippen LogP contribution < -0.4 is 5.48 Å². The van der Waals surface area contributed by atoms with Gasteiger partial charge in [-0.3, -0.25) is 10.0 Å². The van der Waals surface area contributed by atoms with Gasteiger partial charge in [-0.05, 0) is 29.3 Å². The minimum absolute atomic E-state index is 0.275. The van der Waals surface area contributed by atoms with E-state index in [1.807, 2.05) is 12.1 Å². The molecular weight excluding hydrogens is 364 g/mol. The summed E-state index contributed by atoms with van der Waals surface area (Å²) in [5.41, 5.74) is 4.02. The highest BCUT2D eigenvalue weighted by molar-refractivity contribution is 6.11. The Morgan fingerprint density at radius 3 is 2.38 bits per heavy atom. The summed E-state index contributed by atoms with van der Waals surface area (Å²) in [7, 11) is 0. The lowest BCUT2D eigenvalue weighted by molar-refractivity contribution is -0.124. The zero-order chi connectivity index (χ0) is 20.8. The van der Waals surface area contributed by atoms with Crippen molar-refractivity contribution >= 4 is 28.6 Å². The first kappa shape index (κ1) is 20.4. The van der Waals surface area contributed by atoms with Crippen LogP contribution in [0.3, 0.4) is 0 Å². The third-order valence-corrected chi connectivity index (χ3v) is 5.14. The quantitative estimate of drug-likeness (QED) is 0.343. The molecule has 0 spiro atoms. The van der Waals surface area contributed by atoms with E-state index in [0.29, 0.717) is 5.82 Å². The molecule has 2 aromatic rings. The molecule has 0 atom stereocenters. The van der Waals surface area contributed by atoms with Crippen molar-refractivity contribution in [3.63, 3.8) is 0 Å². The monoisotopic (exact) mass is 390 g/mol. The summed E-state index contributed by atoms with van der Waals surface area (Å²) in [5.74, 6) is -0.00777. The number of nitrogens with one attached hydrogen (secondary N) is 1. The number of nitrogens with zero attached hydrogens (tertiary/aromatic N) is 3. The maximum Gasteiger partial charge on any atom is 0.275 e. The summed E-state index contributed by atoms with van der Waals surface area (Å²) < 4.78 is 0. The predicted octanol–water partition coefficient (Wildman–Crippen LogP) is 3.42. The molecule has 29 heavy (non-hydrogen) atoms. The standard InChI is InChI=1S/C23H26N4O2/c1-4-19(23(28)25-29)16-24-18(3)27-13-11-26(12-14-27)17(2)21-10-9-20-7-5-6-8-22(20)15-21/h4-10,15-16,29H,2-3,11-14H2,1H3,(H,25,28)/b19-4+,24-16-. The average molecular weight is 390 g/mol. The first-order valence-electron chi connectivity index (χ1n) is 9.55. The van der Waals surface area contributed by atoms with E-state index < -0.39 is 5.91 Å². The first-order valence-corrected chi connectivity index (χ1v) is 9.55. The second kappa shape index (κ2) is 9.21. The average Bonchev–Trinajstić information content (AvgIpc) is 2.78. The van der Waals surface area contributed by atoms with E-state index in [4.69, 9.17) is 5.21 Å². The maximum absolute atomic E-state index is 11.5. The summed E-state index contributed by atoms with van der Waals surface area (Å²) >= 11 is 0. The number of aliphatic imine (C=N–C) groups is 1. The van der Waals surface area contributed by atoms with Gasteiger partial charge in [0, 0.05) is 38.1 Å². The van der Waals surface area contributed by atoms with Gasteiger partial charge in [0.15, 0.2) is 0 Å². The highest BCUT2D eigenvalue weighted by atomic mass is 16.5. The van der Waals surface area contributed by atoms with Gasteiger partial charge in [0.2, 0.25) is 0 Å². The van der Waals surface area contributed by atoms with Crippen molar-refractivity contribution in [1.29, 1.82) is 0 Å². The van der Waals surface area contributed by atoms with Crippen LogP contribution in [0.2, 0.25) is 0 Å². The van der Waals surface area contributed by atoms with E-state index in [-0.39, 0.29) is 5.57 Å². The Bertz CT molecular complexity index is 985. The molecule has 150 valence electrons. The molecule has 0 aliphatic carbocycles. The van der Waals surface area contributed by atoms with Crippen LogP contribution in [0.1, 0.15) is 12.5 Å². The van der Waals surface area contributed by atoms with E-state index in [9.17, 15) is 4.79 Å². The third kappa shape index (κ3) is 4.73. The second-order valence-corrected chi connectivity index (χ2v) is 6.84. The summed E-state index contributed by atoms with van der Waals surface area (Å²) in [6, 6.07) is 14.7. The predicted molar refractivity (Wildman–Crippen MR) is 117 cm³/mol. The SMILES string of the molecule is C=C(/N=C\C(=C/C)C(=O)NO)N1CCN(C(=C)c2ccc3ccccc3c2)CC1. The first-order chi connectivity index (χ1) is 14.0. The molecule has 1 saturated heterocycles. The van der Waals surface area contributed by atoms with Crippen LogP contribution in [0.25, 0.3) is 16.5 Å². The van der Waals surface area contributed by atoms with E-state index in [0.717, 1.165) is 37.4 Å². The Kier molecular flexibility index (Phi) is 6.46. The molecule has 1 aliphatic rings. The molecule has 1 aliphatic heterocycles. The van der Waals surface area contributed by atoms with E-state index in [1.54, 1.807) is 18.5 Å². The number of amides is 1. The fourth-order valence-corrected chi connectivity index (χ4v) is 3.34. The molecule has 1 amide bonds. The van der Waals surface area contributed by atoms with Crippen molar-refractivity contribution in [2.45, 2.75) is 6.92 Å². The van der Waals surface area contributed by atoms with Crippen LogP contribution in [-0.2, 0) is 4.79 Å². The largest absolute Gasteiger partial charge is 0.368 e. The summed E-state index contributed by atoms with van der Waals surface area (Å²) in [5, 5.41) is 11.2. The molecule has 6 heteroatoms.